The second-order valence-corrected chi connectivity index (χ2v) is 8.91. The summed E-state index contributed by atoms with van der Waals surface area (Å²) >= 11 is 4.40. The Morgan fingerprint density at radius 3 is 2.67 bits per heavy atom. The number of alkyl halides is 1. The van der Waals surface area contributed by atoms with Gasteiger partial charge in [-0.05, 0) is 24.0 Å². The monoisotopic (exact) mass is 391 g/mol. The maximum Gasteiger partial charge on any atom is 0.243 e. The van der Waals surface area contributed by atoms with Crippen LogP contribution in [0.15, 0.2) is 31.8 Å². The highest BCUT2D eigenvalue weighted by Crippen LogP contribution is 2.37. The van der Waals surface area contributed by atoms with Crippen LogP contribution in [0.1, 0.15) is 27.2 Å². The van der Waals surface area contributed by atoms with Gasteiger partial charge in [0.05, 0.1) is 11.4 Å². The van der Waals surface area contributed by atoms with E-state index in [1.165, 1.54) is 0 Å². The van der Waals surface area contributed by atoms with Crippen LogP contribution >= 0.6 is 15.9 Å². The van der Waals surface area contributed by atoms with Crippen molar-refractivity contribution in [3.8, 4) is 0 Å². The molecule has 0 aromatic heterocycles. The molecule has 0 aliphatic carbocycles. The molecule has 0 radical (unpaired) electrons. The molecule has 0 saturated heterocycles. The van der Waals surface area contributed by atoms with Crippen LogP contribution < -0.4 is 4.72 Å². The average molecular weight is 392 g/mol. The molecule has 2 rings (SSSR count). The van der Waals surface area contributed by atoms with Crippen molar-refractivity contribution in [3.63, 3.8) is 0 Å². The molecule has 1 aromatic carbocycles. The molecule has 1 aliphatic rings. The van der Waals surface area contributed by atoms with E-state index in [0.29, 0.717) is 17.8 Å². The molecular formula is C13H18BrN3O2S2. The molecule has 0 spiro atoms. The van der Waals surface area contributed by atoms with Gasteiger partial charge in [0.25, 0.3) is 0 Å². The number of nitrogens with zero attached hydrogens (tertiary/aromatic N) is 2. The van der Waals surface area contributed by atoms with E-state index in [9.17, 15) is 8.42 Å². The van der Waals surface area contributed by atoms with Crippen molar-refractivity contribution < 1.29 is 8.42 Å². The zero-order chi connectivity index (χ0) is 15.7. The molecule has 0 amide bonds. The van der Waals surface area contributed by atoms with E-state index in [4.69, 9.17) is 0 Å². The Hall–Kier alpha value is -0.570. The van der Waals surface area contributed by atoms with Crippen molar-refractivity contribution in [3.05, 3.63) is 18.2 Å². The third kappa shape index (κ3) is 3.80. The summed E-state index contributed by atoms with van der Waals surface area (Å²) in [6.07, 6.45) is 0.716. The van der Waals surface area contributed by atoms with Crippen molar-refractivity contribution in [1.29, 1.82) is 0 Å². The highest BCUT2D eigenvalue weighted by atomic mass is 79.9. The van der Waals surface area contributed by atoms with Gasteiger partial charge in [-0.25, -0.2) is 13.1 Å². The highest BCUT2D eigenvalue weighted by molar-refractivity contribution is 9.09. The second kappa shape index (κ2) is 6.28. The van der Waals surface area contributed by atoms with E-state index >= 15 is 0 Å². The third-order valence-electron chi connectivity index (χ3n) is 3.28. The van der Waals surface area contributed by atoms with Crippen LogP contribution in [0.2, 0.25) is 0 Å². The summed E-state index contributed by atoms with van der Waals surface area (Å²) in [6, 6.07) is 4.86. The van der Waals surface area contributed by atoms with Crippen molar-refractivity contribution in [2.75, 3.05) is 5.33 Å². The lowest BCUT2D eigenvalue weighted by atomic mass is 9.86. The number of hydrogen-bond acceptors (Lipinski definition) is 4. The summed E-state index contributed by atoms with van der Waals surface area (Å²) < 4.78 is 36.4. The van der Waals surface area contributed by atoms with Crippen molar-refractivity contribution >= 4 is 48.7 Å². The molecule has 0 bridgehead atoms. The van der Waals surface area contributed by atoms with E-state index < -0.39 is 10.0 Å². The SMILES string of the molecule is CC(C)(C)C(CCBr)NS(=O)(=O)c1cccc2c1N=S=N2. The fraction of sp³-hybridized carbons (Fsp3) is 0.538. The molecule has 1 aliphatic heterocycles. The second-order valence-electron chi connectivity index (χ2n) is 5.91. The van der Waals surface area contributed by atoms with Gasteiger partial charge in [-0.15, -0.1) is 0 Å². The van der Waals surface area contributed by atoms with Crippen LogP contribution in [-0.2, 0) is 21.4 Å². The molecule has 5 nitrogen and oxygen atoms in total. The van der Waals surface area contributed by atoms with Gasteiger partial charge in [0, 0.05) is 11.4 Å². The highest BCUT2D eigenvalue weighted by Gasteiger charge is 2.31. The molecular weight excluding hydrogens is 374 g/mol. The molecule has 1 unspecified atom stereocenters. The predicted molar refractivity (Wildman–Crippen MR) is 90.0 cm³/mol. The largest absolute Gasteiger partial charge is 0.243 e. The van der Waals surface area contributed by atoms with Crippen LogP contribution in [0.25, 0.3) is 0 Å². The van der Waals surface area contributed by atoms with E-state index in [0.717, 1.165) is 16.7 Å². The Morgan fingerprint density at radius 2 is 2.05 bits per heavy atom. The van der Waals surface area contributed by atoms with Gasteiger partial charge in [-0.2, -0.15) is 8.73 Å². The van der Waals surface area contributed by atoms with Crippen LogP contribution in [0, 0.1) is 5.41 Å². The van der Waals surface area contributed by atoms with Gasteiger partial charge in [0.15, 0.2) is 0 Å². The molecule has 8 heteroatoms. The van der Waals surface area contributed by atoms with Crippen molar-refractivity contribution in [1.82, 2.24) is 4.72 Å². The minimum absolute atomic E-state index is 0.163. The molecule has 21 heavy (non-hydrogen) atoms. The fourth-order valence-corrected chi connectivity index (χ4v) is 4.73. The Morgan fingerprint density at radius 1 is 1.33 bits per heavy atom. The summed E-state index contributed by atoms with van der Waals surface area (Å²) in [5.41, 5.74) is 0.867. The summed E-state index contributed by atoms with van der Waals surface area (Å²) in [5.74, 6) is 0. The van der Waals surface area contributed by atoms with Gasteiger partial charge >= 0.3 is 0 Å². The van der Waals surface area contributed by atoms with Gasteiger partial charge < -0.3 is 0 Å². The topological polar surface area (TPSA) is 70.9 Å². The van der Waals surface area contributed by atoms with Crippen LogP contribution in [0.3, 0.4) is 0 Å². The Labute approximate surface area is 137 Å². The lowest BCUT2D eigenvalue weighted by Crippen LogP contribution is -2.43. The molecule has 1 heterocycles. The number of hydrogen-bond donors (Lipinski definition) is 1. The van der Waals surface area contributed by atoms with E-state index in [-0.39, 0.29) is 16.4 Å². The smallest absolute Gasteiger partial charge is 0.207 e. The number of sulfonamides is 1. The average Bonchev–Trinajstić information content (AvgIpc) is 2.84. The van der Waals surface area contributed by atoms with Crippen molar-refractivity contribution in [2.45, 2.75) is 38.1 Å². The van der Waals surface area contributed by atoms with Crippen LogP contribution in [-0.4, -0.2) is 19.8 Å². The van der Waals surface area contributed by atoms with Gasteiger partial charge in [-0.1, -0.05) is 42.8 Å². The zero-order valence-corrected chi connectivity index (χ0v) is 15.3. The zero-order valence-electron chi connectivity index (χ0n) is 12.1. The lowest BCUT2D eigenvalue weighted by molar-refractivity contribution is 0.293. The summed E-state index contributed by atoms with van der Waals surface area (Å²) in [5, 5.41) is 0.736. The minimum atomic E-state index is -3.63. The maximum atomic E-state index is 12.7. The molecule has 0 fully saturated rings. The Bertz CT molecular complexity index is 705. The van der Waals surface area contributed by atoms with Crippen molar-refractivity contribution in [2.24, 2.45) is 14.1 Å². The standard InChI is InChI=1S/C13H18BrN3O2S2/c1-13(2,3)11(7-8-14)17-21(18,19)10-6-4-5-9-12(10)16-20-15-9/h4-6,11,17H,7-8H2,1-3H3. The number of halogens is 1. The van der Waals surface area contributed by atoms with Crippen LogP contribution in [0.4, 0.5) is 11.4 Å². The first kappa shape index (κ1) is 16.8. The first-order valence-corrected chi connectivity index (χ1v) is 9.89. The van der Waals surface area contributed by atoms with Gasteiger partial charge in [0.1, 0.15) is 16.3 Å². The van der Waals surface area contributed by atoms with E-state index in [1.54, 1.807) is 18.2 Å². The molecule has 1 atom stereocenters. The molecule has 116 valence electrons. The maximum absolute atomic E-state index is 12.7. The summed E-state index contributed by atoms with van der Waals surface area (Å²) in [7, 11) is -3.63. The number of fused-ring (bicyclic) bond motifs is 1. The Balaban J connectivity index is 2.35. The lowest BCUT2D eigenvalue weighted by Gasteiger charge is -2.31. The fourth-order valence-electron chi connectivity index (χ4n) is 2.03. The molecule has 1 aromatic rings. The van der Waals surface area contributed by atoms with E-state index in [1.807, 2.05) is 20.8 Å². The third-order valence-corrected chi connectivity index (χ3v) is 5.78. The number of rotatable bonds is 5. The number of nitrogens with one attached hydrogen (secondary N) is 1. The van der Waals surface area contributed by atoms with E-state index in [2.05, 4.69) is 29.4 Å². The minimum Gasteiger partial charge on any atom is -0.207 e. The molecule has 1 N–H and O–H groups in total. The molecule has 0 saturated carbocycles. The van der Waals surface area contributed by atoms with Crippen LogP contribution in [0.5, 0.6) is 0 Å². The van der Waals surface area contributed by atoms with Gasteiger partial charge in [-0.3, -0.25) is 0 Å². The predicted octanol–water partition coefficient (Wildman–Crippen LogP) is 3.89. The normalized spacial score (nSPS) is 15.6. The summed E-state index contributed by atoms with van der Waals surface area (Å²) in [6.45, 7) is 6.06. The Kier molecular flexibility index (Phi) is 5.02. The number of benzene rings is 1. The first-order valence-electron chi connectivity index (χ1n) is 6.55. The van der Waals surface area contributed by atoms with Gasteiger partial charge in [0.2, 0.25) is 10.0 Å². The summed E-state index contributed by atoms with van der Waals surface area (Å²) in [4.78, 5) is 0.192. The first-order chi connectivity index (χ1) is 9.75. The quantitative estimate of drug-likeness (QED) is 0.785.